The Morgan fingerprint density at radius 1 is 1.26 bits per heavy atom. The van der Waals surface area contributed by atoms with Crippen molar-refractivity contribution >= 4 is 23.4 Å². The Hall–Kier alpha value is -1.69. The first-order valence-electron chi connectivity index (χ1n) is 5.98. The lowest BCUT2D eigenvalue weighted by Crippen LogP contribution is -2.45. The summed E-state index contributed by atoms with van der Waals surface area (Å²) in [6.07, 6.45) is 0. The van der Waals surface area contributed by atoms with Gasteiger partial charge in [0.25, 0.3) is 5.91 Å². The van der Waals surface area contributed by atoms with Gasteiger partial charge in [0.15, 0.2) is 10.8 Å². The van der Waals surface area contributed by atoms with Gasteiger partial charge in [-0.2, -0.15) is 0 Å². The third-order valence-corrected chi connectivity index (χ3v) is 2.49. The van der Waals surface area contributed by atoms with E-state index in [2.05, 4.69) is 20.8 Å². The maximum absolute atomic E-state index is 11.8. The van der Waals surface area contributed by atoms with Crippen LogP contribution < -0.4 is 10.6 Å². The largest absolute Gasteiger partial charge is 0.354 e. The summed E-state index contributed by atoms with van der Waals surface area (Å²) in [5.74, 6) is -0.339. The molecule has 2 N–H and O–H groups in total. The van der Waals surface area contributed by atoms with Crippen molar-refractivity contribution in [2.24, 2.45) is 5.92 Å². The van der Waals surface area contributed by atoms with E-state index in [4.69, 9.17) is 11.6 Å². The van der Waals surface area contributed by atoms with E-state index in [-0.39, 0.29) is 16.8 Å². The summed E-state index contributed by atoms with van der Waals surface area (Å²) in [5.41, 5.74) is 0.118. The highest BCUT2D eigenvalue weighted by Crippen LogP contribution is 2.02. The summed E-state index contributed by atoms with van der Waals surface area (Å²) in [6, 6.07) is 2.28. The average molecular weight is 285 g/mol. The molecule has 0 radical (unpaired) electrons. The van der Waals surface area contributed by atoms with Gasteiger partial charge in [0.1, 0.15) is 6.04 Å². The molecule has 0 saturated carbocycles. The molecule has 1 atom stereocenters. The average Bonchev–Trinajstić information content (AvgIpc) is 2.36. The Balaban J connectivity index is 2.51. The van der Waals surface area contributed by atoms with Crippen LogP contribution in [0.4, 0.5) is 0 Å². The fourth-order valence-electron chi connectivity index (χ4n) is 1.23. The zero-order valence-electron chi connectivity index (χ0n) is 11.1. The molecule has 2 amide bonds. The Bertz CT molecular complexity index is 448. The van der Waals surface area contributed by atoms with Crippen LogP contribution >= 0.6 is 11.6 Å². The van der Waals surface area contributed by atoms with Crippen molar-refractivity contribution in [3.63, 3.8) is 0 Å². The van der Waals surface area contributed by atoms with E-state index in [1.54, 1.807) is 6.92 Å². The fraction of sp³-hybridized carbons (Fsp3) is 0.500. The molecule has 6 nitrogen and oxygen atoms in total. The molecule has 1 heterocycles. The maximum atomic E-state index is 11.8. The predicted octanol–water partition coefficient (Wildman–Crippen LogP) is 1.02. The minimum atomic E-state index is -0.635. The number of hydrogen-bond acceptors (Lipinski definition) is 4. The highest BCUT2D eigenvalue weighted by molar-refractivity contribution is 6.29. The van der Waals surface area contributed by atoms with E-state index in [0.717, 1.165) is 0 Å². The summed E-state index contributed by atoms with van der Waals surface area (Å²) >= 11 is 5.57. The number of amides is 2. The summed E-state index contributed by atoms with van der Waals surface area (Å²) < 4.78 is 0. The van der Waals surface area contributed by atoms with Crippen molar-refractivity contribution in [3.05, 3.63) is 23.0 Å². The first-order chi connectivity index (χ1) is 8.90. The number of aromatic nitrogens is 2. The number of hydrogen-bond donors (Lipinski definition) is 2. The molecule has 1 aromatic rings. The number of halogens is 1. The van der Waals surface area contributed by atoms with Crippen molar-refractivity contribution in [1.82, 2.24) is 20.8 Å². The lowest BCUT2D eigenvalue weighted by atomic mass is 10.2. The zero-order valence-corrected chi connectivity index (χ0v) is 11.9. The van der Waals surface area contributed by atoms with Crippen LogP contribution in [0, 0.1) is 5.92 Å². The second-order valence-corrected chi connectivity index (χ2v) is 4.96. The molecular formula is C12H17ClN4O2. The number of nitrogens with one attached hydrogen (secondary N) is 2. The molecule has 104 valence electrons. The van der Waals surface area contributed by atoms with Gasteiger partial charge in [0.05, 0.1) is 0 Å². The zero-order chi connectivity index (χ0) is 14.4. The second kappa shape index (κ2) is 7.04. The smallest absolute Gasteiger partial charge is 0.272 e. The molecule has 0 aromatic carbocycles. The van der Waals surface area contributed by atoms with Crippen LogP contribution in [0.1, 0.15) is 31.3 Å². The van der Waals surface area contributed by atoms with E-state index in [1.807, 2.05) is 13.8 Å². The molecule has 0 aliphatic carbocycles. The highest BCUT2D eigenvalue weighted by Gasteiger charge is 2.17. The Labute approximate surface area is 116 Å². The summed E-state index contributed by atoms with van der Waals surface area (Å²) in [5, 5.41) is 12.7. The third kappa shape index (κ3) is 5.21. The SMILES string of the molecule is CC(C)CNC(=O)C(C)NC(=O)c1ccc(Cl)nn1. The lowest BCUT2D eigenvalue weighted by molar-refractivity contribution is -0.122. The van der Waals surface area contributed by atoms with E-state index < -0.39 is 11.9 Å². The minimum Gasteiger partial charge on any atom is -0.354 e. The van der Waals surface area contributed by atoms with Gasteiger partial charge >= 0.3 is 0 Å². The monoisotopic (exact) mass is 284 g/mol. The van der Waals surface area contributed by atoms with Crippen LogP contribution in [-0.4, -0.2) is 34.6 Å². The normalized spacial score (nSPS) is 12.1. The molecule has 0 spiro atoms. The van der Waals surface area contributed by atoms with Gasteiger partial charge in [-0.3, -0.25) is 9.59 Å². The van der Waals surface area contributed by atoms with E-state index in [9.17, 15) is 9.59 Å². The van der Waals surface area contributed by atoms with Crippen molar-refractivity contribution in [1.29, 1.82) is 0 Å². The first-order valence-corrected chi connectivity index (χ1v) is 6.35. The maximum Gasteiger partial charge on any atom is 0.272 e. The lowest BCUT2D eigenvalue weighted by Gasteiger charge is -2.14. The Kier molecular flexibility index (Phi) is 5.69. The highest BCUT2D eigenvalue weighted by atomic mass is 35.5. The van der Waals surface area contributed by atoms with Crippen molar-refractivity contribution in [2.75, 3.05) is 6.54 Å². The molecule has 0 bridgehead atoms. The van der Waals surface area contributed by atoms with Crippen LogP contribution in [-0.2, 0) is 4.79 Å². The van der Waals surface area contributed by atoms with Crippen LogP contribution in [0.3, 0.4) is 0 Å². The second-order valence-electron chi connectivity index (χ2n) is 4.58. The van der Waals surface area contributed by atoms with Crippen LogP contribution in [0.25, 0.3) is 0 Å². The molecule has 1 rings (SSSR count). The van der Waals surface area contributed by atoms with Gasteiger partial charge in [-0.05, 0) is 25.0 Å². The summed E-state index contributed by atoms with van der Waals surface area (Å²) in [6.45, 7) is 6.16. The molecule has 1 unspecified atom stereocenters. The minimum absolute atomic E-state index is 0.118. The molecule has 0 aliphatic rings. The van der Waals surface area contributed by atoms with Crippen molar-refractivity contribution in [2.45, 2.75) is 26.8 Å². The Morgan fingerprint density at radius 3 is 2.47 bits per heavy atom. The molecule has 7 heteroatoms. The standard InChI is InChI=1S/C12H17ClN4O2/c1-7(2)6-14-11(18)8(3)15-12(19)9-4-5-10(13)17-16-9/h4-5,7-8H,6H2,1-3H3,(H,14,18)(H,15,19). The van der Waals surface area contributed by atoms with Gasteiger partial charge < -0.3 is 10.6 Å². The van der Waals surface area contributed by atoms with Gasteiger partial charge in [-0.1, -0.05) is 25.4 Å². The summed E-state index contributed by atoms with van der Waals surface area (Å²) in [7, 11) is 0. The van der Waals surface area contributed by atoms with Crippen molar-refractivity contribution < 1.29 is 9.59 Å². The van der Waals surface area contributed by atoms with Crippen LogP contribution in [0.5, 0.6) is 0 Å². The van der Waals surface area contributed by atoms with Gasteiger partial charge in [-0.15, -0.1) is 10.2 Å². The molecule has 19 heavy (non-hydrogen) atoms. The summed E-state index contributed by atoms with van der Waals surface area (Å²) in [4.78, 5) is 23.5. The molecule has 0 aliphatic heterocycles. The molecule has 0 saturated heterocycles. The van der Waals surface area contributed by atoms with Crippen molar-refractivity contribution in [3.8, 4) is 0 Å². The van der Waals surface area contributed by atoms with E-state index in [1.165, 1.54) is 12.1 Å². The van der Waals surface area contributed by atoms with Gasteiger partial charge in [0.2, 0.25) is 5.91 Å². The topological polar surface area (TPSA) is 84.0 Å². The fourth-order valence-corrected chi connectivity index (χ4v) is 1.33. The number of rotatable bonds is 5. The molecule has 0 fully saturated rings. The third-order valence-electron chi connectivity index (χ3n) is 2.29. The molecular weight excluding hydrogens is 268 g/mol. The predicted molar refractivity (Wildman–Crippen MR) is 71.8 cm³/mol. The number of nitrogens with zero attached hydrogens (tertiary/aromatic N) is 2. The van der Waals surface area contributed by atoms with Gasteiger partial charge in [0, 0.05) is 6.54 Å². The van der Waals surface area contributed by atoms with Gasteiger partial charge in [-0.25, -0.2) is 0 Å². The Morgan fingerprint density at radius 2 is 1.95 bits per heavy atom. The van der Waals surface area contributed by atoms with E-state index >= 15 is 0 Å². The quantitative estimate of drug-likeness (QED) is 0.845. The van der Waals surface area contributed by atoms with E-state index in [0.29, 0.717) is 12.5 Å². The first kappa shape index (κ1) is 15.4. The van der Waals surface area contributed by atoms with Crippen LogP contribution in [0.2, 0.25) is 5.15 Å². The van der Waals surface area contributed by atoms with Crippen LogP contribution in [0.15, 0.2) is 12.1 Å². The number of carbonyl (C=O) groups is 2. The number of carbonyl (C=O) groups excluding carboxylic acids is 2. The molecule has 1 aromatic heterocycles.